The Morgan fingerprint density at radius 1 is 1.11 bits per heavy atom. The molecule has 8 unspecified atom stereocenters. The zero-order valence-corrected chi connectivity index (χ0v) is 21.1. The number of ketones is 1. The number of esters is 4. The number of ether oxygens (including phenoxy) is 6. The minimum Gasteiger partial charge on any atom is -0.465 e. The van der Waals surface area contributed by atoms with E-state index < -0.39 is 70.8 Å². The van der Waals surface area contributed by atoms with Crippen LogP contribution in [0.2, 0.25) is 0 Å². The van der Waals surface area contributed by atoms with Crippen LogP contribution in [0.4, 0.5) is 0 Å². The normalized spacial score (nSPS) is 41.7. The Kier molecular flexibility index (Phi) is 6.06. The number of epoxide rings is 1. The van der Waals surface area contributed by atoms with Crippen molar-refractivity contribution in [3.8, 4) is 0 Å². The van der Waals surface area contributed by atoms with E-state index in [2.05, 4.69) is 0 Å². The van der Waals surface area contributed by atoms with E-state index >= 15 is 0 Å². The molecule has 37 heavy (non-hydrogen) atoms. The molecule has 2 bridgehead atoms. The van der Waals surface area contributed by atoms with Gasteiger partial charge in [-0.05, 0) is 18.8 Å². The Bertz CT molecular complexity index is 1120. The molecule has 0 radical (unpaired) electrons. The van der Waals surface area contributed by atoms with Crippen LogP contribution in [-0.4, -0.2) is 67.2 Å². The molecule has 0 aromatic rings. The number of fused-ring (bicyclic) bond motifs is 5. The maximum Gasteiger partial charge on any atom is 0.341 e. The quantitative estimate of drug-likeness (QED) is 0.287. The highest BCUT2D eigenvalue weighted by atomic mass is 16.7. The summed E-state index contributed by atoms with van der Waals surface area (Å²) >= 11 is 0. The fourth-order valence-electron chi connectivity index (χ4n) is 6.96. The van der Waals surface area contributed by atoms with Gasteiger partial charge in [-0.2, -0.15) is 0 Å². The molecule has 3 aliphatic heterocycles. The fourth-order valence-corrected chi connectivity index (χ4v) is 6.96. The molecular formula is C26H30O11. The summed E-state index contributed by atoms with van der Waals surface area (Å²) in [5.41, 5.74) is -2.92. The number of hydrogen-bond donors (Lipinski definition) is 0. The van der Waals surface area contributed by atoms with Gasteiger partial charge in [-0.25, -0.2) is 4.79 Å². The second-order valence-electron chi connectivity index (χ2n) is 10.5. The van der Waals surface area contributed by atoms with Crippen LogP contribution in [0.3, 0.4) is 0 Å². The molecule has 200 valence electrons. The highest BCUT2D eigenvalue weighted by Crippen LogP contribution is 2.70. The van der Waals surface area contributed by atoms with Gasteiger partial charge in [0.05, 0.1) is 17.6 Å². The van der Waals surface area contributed by atoms with Crippen molar-refractivity contribution < 1.29 is 52.4 Å². The average Bonchev–Trinajstić information content (AvgIpc) is 3.44. The van der Waals surface area contributed by atoms with Crippen molar-refractivity contribution >= 4 is 29.7 Å². The van der Waals surface area contributed by atoms with Crippen LogP contribution in [0.15, 0.2) is 23.8 Å². The molecule has 0 aromatic heterocycles. The summed E-state index contributed by atoms with van der Waals surface area (Å²) in [5, 5.41) is 0. The van der Waals surface area contributed by atoms with Crippen molar-refractivity contribution in [3.63, 3.8) is 0 Å². The summed E-state index contributed by atoms with van der Waals surface area (Å²) in [6.45, 7) is 5.76. The van der Waals surface area contributed by atoms with Crippen LogP contribution in [0.1, 0.15) is 47.0 Å². The topological polar surface area (TPSA) is 144 Å². The molecule has 5 rings (SSSR count). The van der Waals surface area contributed by atoms with Crippen LogP contribution in [0, 0.1) is 22.7 Å². The van der Waals surface area contributed by atoms with E-state index in [1.54, 1.807) is 6.08 Å². The van der Waals surface area contributed by atoms with E-state index in [-0.39, 0.29) is 18.0 Å². The maximum absolute atomic E-state index is 14.2. The lowest BCUT2D eigenvalue weighted by molar-refractivity contribution is -0.193. The third kappa shape index (κ3) is 3.73. The molecule has 5 aliphatic rings. The Morgan fingerprint density at radius 3 is 2.43 bits per heavy atom. The molecule has 2 saturated heterocycles. The number of Topliss-reactive ketones (excluding diaryl/α,β-unsaturated/α-hetero) is 1. The highest BCUT2D eigenvalue weighted by molar-refractivity contribution is 5.95. The molecule has 4 fully saturated rings. The maximum atomic E-state index is 14.2. The van der Waals surface area contributed by atoms with Crippen LogP contribution < -0.4 is 0 Å². The molecular weight excluding hydrogens is 488 g/mol. The molecule has 1 spiro atoms. The van der Waals surface area contributed by atoms with Crippen molar-refractivity contribution in [2.75, 3.05) is 13.2 Å². The largest absolute Gasteiger partial charge is 0.465 e. The van der Waals surface area contributed by atoms with Gasteiger partial charge in [0, 0.05) is 32.8 Å². The first-order valence-electron chi connectivity index (χ1n) is 12.4. The van der Waals surface area contributed by atoms with Gasteiger partial charge >= 0.3 is 23.9 Å². The molecule has 11 nitrogen and oxygen atoms in total. The Balaban J connectivity index is 1.62. The smallest absolute Gasteiger partial charge is 0.341 e. The minimum absolute atomic E-state index is 0.147. The number of carbonyl (C=O) groups is 5. The Morgan fingerprint density at radius 2 is 1.81 bits per heavy atom. The predicted octanol–water partition coefficient (Wildman–Crippen LogP) is 1.53. The van der Waals surface area contributed by atoms with Gasteiger partial charge in [0.15, 0.2) is 5.78 Å². The number of rotatable bonds is 6. The highest BCUT2D eigenvalue weighted by Gasteiger charge is 2.81. The van der Waals surface area contributed by atoms with Gasteiger partial charge in [0.2, 0.25) is 6.29 Å². The SMILES string of the molecule is CC(=O)OCC12C(=O)C3OC(OC(C)=O)C(C=CC4=CC(OC(C)=O)OC4=O)(C3C)C1CCCC21CO1. The number of carbonyl (C=O) groups excluding carboxylic acids is 5. The minimum atomic E-state index is -1.21. The van der Waals surface area contributed by atoms with Crippen molar-refractivity contribution in [1.29, 1.82) is 0 Å². The van der Waals surface area contributed by atoms with Crippen LogP contribution >= 0.6 is 0 Å². The number of cyclic esters (lactones) is 1. The Hall–Kier alpha value is -3.05. The Labute approximate surface area is 213 Å². The molecule has 3 heterocycles. The van der Waals surface area contributed by atoms with Crippen LogP contribution in [0.5, 0.6) is 0 Å². The van der Waals surface area contributed by atoms with Gasteiger partial charge in [0.25, 0.3) is 6.29 Å². The summed E-state index contributed by atoms with van der Waals surface area (Å²) in [6, 6.07) is 0. The lowest BCUT2D eigenvalue weighted by Crippen LogP contribution is -2.67. The molecule has 0 amide bonds. The molecule has 0 aromatic carbocycles. The van der Waals surface area contributed by atoms with Gasteiger partial charge < -0.3 is 28.4 Å². The molecule has 0 N–H and O–H groups in total. The standard InChI is InChI=1S/C26H30O11/c1-13-20-21(30)26(12-32-14(2)27)18(6-5-8-24(26)11-33-24)25(13,23(37-20)35-16(4)29)9-7-17-10-19(34-15(3)28)36-22(17)31/h7,9-10,13,18-20,23H,5-6,8,11-12H2,1-4H3. The zero-order chi connectivity index (χ0) is 26.8. The second kappa shape index (κ2) is 8.76. The lowest BCUT2D eigenvalue weighted by Gasteiger charge is -2.57. The van der Waals surface area contributed by atoms with Crippen LogP contribution in [0.25, 0.3) is 0 Å². The predicted molar refractivity (Wildman–Crippen MR) is 121 cm³/mol. The van der Waals surface area contributed by atoms with E-state index in [1.807, 2.05) is 6.92 Å². The zero-order valence-electron chi connectivity index (χ0n) is 21.1. The van der Waals surface area contributed by atoms with E-state index in [4.69, 9.17) is 28.4 Å². The first-order chi connectivity index (χ1) is 17.5. The summed E-state index contributed by atoms with van der Waals surface area (Å²) in [4.78, 5) is 62.0. The van der Waals surface area contributed by atoms with Crippen molar-refractivity contribution in [2.45, 2.75) is 71.2 Å². The monoisotopic (exact) mass is 518 g/mol. The van der Waals surface area contributed by atoms with Crippen LogP contribution in [-0.2, 0) is 52.4 Å². The second-order valence-corrected chi connectivity index (χ2v) is 10.5. The summed E-state index contributed by atoms with van der Waals surface area (Å²) in [5.74, 6) is -3.55. The summed E-state index contributed by atoms with van der Waals surface area (Å²) < 4.78 is 33.3. The van der Waals surface area contributed by atoms with Crippen molar-refractivity contribution in [1.82, 2.24) is 0 Å². The van der Waals surface area contributed by atoms with Crippen molar-refractivity contribution in [3.05, 3.63) is 23.8 Å². The molecule has 2 saturated carbocycles. The van der Waals surface area contributed by atoms with Gasteiger partial charge in [0.1, 0.15) is 23.7 Å². The summed E-state index contributed by atoms with van der Waals surface area (Å²) in [6.07, 6.45) is 3.36. The average molecular weight is 519 g/mol. The van der Waals surface area contributed by atoms with E-state index in [1.165, 1.54) is 32.9 Å². The molecule has 11 heteroatoms. The van der Waals surface area contributed by atoms with E-state index in [0.29, 0.717) is 19.4 Å². The van der Waals surface area contributed by atoms with Gasteiger partial charge in [-0.3, -0.25) is 19.2 Å². The molecule has 8 atom stereocenters. The number of hydrogen-bond acceptors (Lipinski definition) is 11. The first kappa shape index (κ1) is 25.6. The fraction of sp³-hybridized carbons (Fsp3) is 0.654. The van der Waals surface area contributed by atoms with E-state index in [9.17, 15) is 24.0 Å². The van der Waals surface area contributed by atoms with E-state index in [0.717, 1.165) is 6.42 Å². The van der Waals surface area contributed by atoms with Gasteiger partial charge in [-0.15, -0.1) is 0 Å². The first-order valence-corrected chi connectivity index (χ1v) is 12.4. The third-order valence-electron chi connectivity index (χ3n) is 8.58. The molecule has 2 aliphatic carbocycles. The third-order valence-corrected chi connectivity index (χ3v) is 8.58. The van der Waals surface area contributed by atoms with Crippen molar-refractivity contribution in [2.24, 2.45) is 22.7 Å². The lowest BCUT2D eigenvalue weighted by atomic mass is 9.44. The van der Waals surface area contributed by atoms with Gasteiger partial charge in [-0.1, -0.05) is 25.5 Å². The summed E-state index contributed by atoms with van der Waals surface area (Å²) in [7, 11) is 0.